The zero-order chi connectivity index (χ0) is 30.9. The molecule has 0 unspecified atom stereocenters. The molecule has 44 heavy (non-hydrogen) atoms. The molecule has 9 nitrogen and oxygen atoms in total. The van der Waals surface area contributed by atoms with E-state index in [4.69, 9.17) is 9.47 Å². The number of carboxylic acids is 1. The lowest BCUT2D eigenvalue weighted by Gasteiger charge is -2.29. The van der Waals surface area contributed by atoms with E-state index in [2.05, 4.69) is 16.0 Å². The van der Waals surface area contributed by atoms with Gasteiger partial charge in [-0.1, -0.05) is 36.4 Å². The Bertz CT molecular complexity index is 1600. The molecule has 0 aromatic heterocycles. The minimum Gasteiger partial charge on any atom is -0.490 e. The molecule has 0 bridgehead atoms. The fourth-order valence-corrected chi connectivity index (χ4v) is 5.24. The predicted molar refractivity (Wildman–Crippen MR) is 169 cm³/mol. The third-order valence-corrected chi connectivity index (χ3v) is 7.53. The minimum absolute atomic E-state index is 0.0430. The summed E-state index contributed by atoms with van der Waals surface area (Å²) >= 11 is 0. The Labute approximate surface area is 256 Å². The van der Waals surface area contributed by atoms with Crippen molar-refractivity contribution in [3.63, 3.8) is 0 Å². The summed E-state index contributed by atoms with van der Waals surface area (Å²) in [6, 6.07) is 28.5. The molecule has 1 saturated carbocycles. The summed E-state index contributed by atoms with van der Waals surface area (Å²) in [4.78, 5) is 36.6. The van der Waals surface area contributed by atoms with Crippen molar-refractivity contribution in [1.82, 2.24) is 5.32 Å². The van der Waals surface area contributed by atoms with Gasteiger partial charge < -0.3 is 30.5 Å². The van der Waals surface area contributed by atoms with E-state index in [1.807, 2.05) is 55.6 Å². The summed E-state index contributed by atoms with van der Waals surface area (Å²) in [5.74, 6) is 0.571. The van der Waals surface area contributed by atoms with E-state index in [-0.39, 0.29) is 41.6 Å². The number of anilines is 2. The Morgan fingerprint density at radius 1 is 0.727 bits per heavy atom. The van der Waals surface area contributed by atoms with Gasteiger partial charge in [0.1, 0.15) is 17.2 Å². The maximum atomic E-state index is 12.8. The number of carbonyl (C=O) groups is 3. The van der Waals surface area contributed by atoms with Crippen molar-refractivity contribution in [2.45, 2.75) is 44.2 Å². The van der Waals surface area contributed by atoms with Crippen LogP contribution < -0.4 is 25.4 Å². The predicted octanol–water partition coefficient (Wildman–Crippen LogP) is 6.52. The highest BCUT2D eigenvalue weighted by atomic mass is 16.5. The Morgan fingerprint density at radius 2 is 1.30 bits per heavy atom. The van der Waals surface area contributed by atoms with Crippen molar-refractivity contribution in [2.24, 2.45) is 0 Å². The first kappa shape index (κ1) is 30.2. The molecule has 1 aliphatic carbocycles. The van der Waals surface area contributed by atoms with Crippen LogP contribution in [0.1, 0.15) is 52.0 Å². The van der Waals surface area contributed by atoms with E-state index in [0.717, 1.165) is 42.7 Å². The Kier molecular flexibility index (Phi) is 9.76. The largest absolute Gasteiger partial charge is 0.490 e. The van der Waals surface area contributed by atoms with Gasteiger partial charge in [-0.3, -0.25) is 9.59 Å². The van der Waals surface area contributed by atoms with Crippen molar-refractivity contribution < 1.29 is 29.0 Å². The van der Waals surface area contributed by atoms with E-state index in [0.29, 0.717) is 17.1 Å². The molecule has 9 heteroatoms. The number of carboxylic acid groups (broad SMARTS) is 1. The van der Waals surface area contributed by atoms with Gasteiger partial charge in [0, 0.05) is 18.8 Å². The third-order valence-electron chi connectivity index (χ3n) is 7.53. The smallest absolute Gasteiger partial charge is 0.337 e. The van der Waals surface area contributed by atoms with Crippen LogP contribution in [0.25, 0.3) is 0 Å². The molecule has 0 saturated heterocycles. The molecule has 0 aliphatic heterocycles. The molecule has 0 heterocycles. The van der Waals surface area contributed by atoms with Crippen LogP contribution in [0.15, 0.2) is 97.1 Å². The number of amides is 2. The van der Waals surface area contributed by atoms with Crippen LogP contribution in [0.4, 0.5) is 11.4 Å². The van der Waals surface area contributed by atoms with Crippen molar-refractivity contribution in [3.8, 4) is 17.2 Å². The van der Waals surface area contributed by atoms with Gasteiger partial charge in [-0.2, -0.15) is 0 Å². The number of benzene rings is 4. The van der Waals surface area contributed by atoms with Crippen LogP contribution >= 0.6 is 0 Å². The zero-order valence-electron chi connectivity index (χ0n) is 24.4. The van der Waals surface area contributed by atoms with Crippen molar-refractivity contribution in [3.05, 3.63) is 114 Å². The van der Waals surface area contributed by atoms with Gasteiger partial charge in [0.15, 0.2) is 0 Å². The molecular formula is C35H35N3O6. The normalized spacial score (nSPS) is 15.9. The second kappa shape index (κ2) is 14.2. The molecule has 5 rings (SSSR count). The fraction of sp³-hybridized carbons (Fsp3) is 0.229. The van der Waals surface area contributed by atoms with Crippen molar-refractivity contribution >= 4 is 29.2 Å². The summed E-state index contributed by atoms with van der Waals surface area (Å²) in [5, 5.41) is 18.2. The first-order valence-electron chi connectivity index (χ1n) is 14.6. The number of nitrogens with one attached hydrogen (secondary N) is 3. The second-order valence-corrected chi connectivity index (χ2v) is 10.7. The van der Waals surface area contributed by atoms with E-state index in [9.17, 15) is 19.5 Å². The molecule has 0 radical (unpaired) electrons. The number of rotatable bonds is 11. The molecule has 1 fully saturated rings. The highest BCUT2D eigenvalue weighted by Crippen LogP contribution is 2.28. The number of hydrogen-bond donors (Lipinski definition) is 4. The first-order chi connectivity index (χ1) is 21.4. The van der Waals surface area contributed by atoms with E-state index >= 15 is 0 Å². The topological polar surface area (TPSA) is 126 Å². The second-order valence-electron chi connectivity index (χ2n) is 10.7. The molecule has 1 aliphatic rings. The maximum Gasteiger partial charge on any atom is 0.337 e. The van der Waals surface area contributed by atoms with Gasteiger partial charge >= 0.3 is 5.97 Å². The van der Waals surface area contributed by atoms with Gasteiger partial charge in [-0.05, 0) is 91.9 Å². The van der Waals surface area contributed by atoms with Gasteiger partial charge in [-0.15, -0.1) is 0 Å². The summed E-state index contributed by atoms with van der Waals surface area (Å²) in [7, 11) is 1.81. The average molecular weight is 594 g/mol. The Balaban J connectivity index is 1.06. The quantitative estimate of drug-likeness (QED) is 0.156. The van der Waals surface area contributed by atoms with Crippen molar-refractivity contribution in [2.75, 3.05) is 17.7 Å². The van der Waals surface area contributed by atoms with Gasteiger partial charge in [0.05, 0.1) is 29.3 Å². The van der Waals surface area contributed by atoms with Gasteiger partial charge in [0.25, 0.3) is 5.91 Å². The van der Waals surface area contributed by atoms with Gasteiger partial charge in [0.2, 0.25) is 5.91 Å². The number of hydrogen-bond acceptors (Lipinski definition) is 6. The Morgan fingerprint density at radius 3 is 1.93 bits per heavy atom. The van der Waals surface area contributed by atoms with E-state index in [1.165, 1.54) is 6.07 Å². The summed E-state index contributed by atoms with van der Waals surface area (Å²) in [6.45, 7) is 0. The summed E-state index contributed by atoms with van der Waals surface area (Å²) in [6.07, 6.45) is 3.60. The highest BCUT2D eigenvalue weighted by molar-refractivity contribution is 6.01. The molecule has 0 spiro atoms. The highest BCUT2D eigenvalue weighted by Gasteiger charge is 2.24. The van der Waals surface area contributed by atoms with Crippen LogP contribution in [-0.4, -0.2) is 42.1 Å². The first-order valence-corrected chi connectivity index (χ1v) is 14.6. The molecular weight excluding hydrogens is 558 g/mol. The maximum absolute atomic E-state index is 12.8. The molecule has 0 atom stereocenters. The molecule has 226 valence electrons. The standard InChI is InChI=1S/C35H35N3O6/c1-36-31-8-4-2-6-29(31)34(40)37-24-12-16-26(17-13-24)44-28-20-18-27(19-21-28)43-25-14-10-23(11-15-25)22-33(39)38-32-9-5-3-7-30(32)35(41)42/h2-11,14-15,18-21,24,26,36H,12-13,16-17,22H2,1H3,(H,37,40)(H,38,39)(H,41,42). The summed E-state index contributed by atoms with van der Waals surface area (Å²) in [5.41, 5.74) is 2.54. The minimum atomic E-state index is -1.10. The third kappa shape index (κ3) is 7.95. The van der Waals surface area contributed by atoms with Crippen LogP contribution in [0.3, 0.4) is 0 Å². The number of ether oxygens (including phenoxy) is 2. The molecule has 2 amide bonds. The van der Waals surface area contributed by atoms with Crippen LogP contribution in [0.2, 0.25) is 0 Å². The van der Waals surface area contributed by atoms with Crippen LogP contribution in [-0.2, 0) is 11.2 Å². The van der Waals surface area contributed by atoms with Crippen molar-refractivity contribution in [1.29, 1.82) is 0 Å². The number of carbonyl (C=O) groups excluding carboxylic acids is 2. The van der Waals surface area contributed by atoms with Crippen LogP contribution in [0, 0.1) is 0 Å². The lowest BCUT2D eigenvalue weighted by Crippen LogP contribution is -2.39. The molecule has 4 N–H and O–H groups in total. The molecule has 4 aromatic carbocycles. The Hall–Kier alpha value is -5.31. The lowest BCUT2D eigenvalue weighted by atomic mass is 9.92. The zero-order valence-corrected chi connectivity index (χ0v) is 24.4. The van der Waals surface area contributed by atoms with E-state index < -0.39 is 5.97 Å². The fourth-order valence-electron chi connectivity index (χ4n) is 5.24. The summed E-state index contributed by atoms with van der Waals surface area (Å²) < 4.78 is 12.2. The van der Waals surface area contributed by atoms with E-state index in [1.54, 1.807) is 42.5 Å². The average Bonchev–Trinajstić information content (AvgIpc) is 3.04. The van der Waals surface area contributed by atoms with Gasteiger partial charge in [-0.25, -0.2) is 4.79 Å². The SMILES string of the molecule is CNc1ccccc1C(=O)NC1CCC(Oc2ccc(Oc3ccc(CC(=O)Nc4ccccc4C(=O)O)cc3)cc2)CC1. The lowest BCUT2D eigenvalue weighted by molar-refractivity contribution is -0.115. The molecule has 4 aromatic rings. The van der Waals surface area contributed by atoms with Crippen LogP contribution in [0.5, 0.6) is 17.2 Å². The monoisotopic (exact) mass is 593 g/mol. The number of aromatic carboxylic acids is 1. The number of para-hydroxylation sites is 2.